The SMILES string of the molecule is CCC(CC1CC1)n1cncc1CNCCOC. The second-order valence-corrected chi connectivity index (χ2v) is 5.20. The highest BCUT2D eigenvalue weighted by molar-refractivity contribution is 5.00. The van der Waals surface area contributed by atoms with Crippen molar-refractivity contribution >= 4 is 0 Å². The smallest absolute Gasteiger partial charge is 0.0951 e. The van der Waals surface area contributed by atoms with Gasteiger partial charge < -0.3 is 14.6 Å². The van der Waals surface area contributed by atoms with Crippen LogP contribution in [0.15, 0.2) is 12.5 Å². The van der Waals surface area contributed by atoms with E-state index >= 15 is 0 Å². The summed E-state index contributed by atoms with van der Waals surface area (Å²) >= 11 is 0. The standard InChI is InChI=1S/C14H25N3O/c1-3-13(8-12-4-5-12)17-11-16-10-14(17)9-15-6-7-18-2/h10-13,15H,3-9H2,1-2H3. The summed E-state index contributed by atoms with van der Waals surface area (Å²) in [5.41, 5.74) is 1.29. The number of imidazole rings is 1. The highest BCUT2D eigenvalue weighted by atomic mass is 16.5. The molecule has 0 aromatic carbocycles. The Kier molecular flexibility index (Phi) is 5.20. The molecule has 1 aromatic heterocycles. The first-order chi connectivity index (χ1) is 8.85. The van der Waals surface area contributed by atoms with Crippen molar-refractivity contribution in [1.82, 2.24) is 14.9 Å². The molecular weight excluding hydrogens is 226 g/mol. The molecule has 1 aliphatic rings. The lowest BCUT2D eigenvalue weighted by molar-refractivity contribution is 0.199. The number of hydrogen-bond donors (Lipinski definition) is 1. The number of nitrogens with one attached hydrogen (secondary N) is 1. The fourth-order valence-electron chi connectivity index (χ4n) is 2.40. The van der Waals surface area contributed by atoms with Crippen LogP contribution in [0.1, 0.15) is 44.3 Å². The van der Waals surface area contributed by atoms with Crippen LogP contribution in [-0.2, 0) is 11.3 Å². The van der Waals surface area contributed by atoms with Gasteiger partial charge in [-0.25, -0.2) is 4.98 Å². The molecule has 0 spiro atoms. The van der Waals surface area contributed by atoms with Crippen molar-refractivity contribution in [2.24, 2.45) is 5.92 Å². The molecule has 1 saturated carbocycles. The minimum atomic E-state index is 0.624. The van der Waals surface area contributed by atoms with Gasteiger partial charge in [0.15, 0.2) is 0 Å². The first kappa shape index (κ1) is 13.6. The van der Waals surface area contributed by atoms with E-state index in [2.05, 4.69) is 21.8 Å². The third-order valence-corrected chi connectivity index (χ3v) is 3.70. The molecule has 0 aliphatic heterocycles. The van der Waals surface area contributed by atoms with Crippen LogP contribution in [0.3, 0.4) is 0 Å². The van der Waals surface area contributed by atoms with E-state index in [4.69, 9.17) is 4.74 Å². The Labute approximate surface area is 110 Å². The average molecular weight is 251 g/mol. The van der Waals surface area contributed by atoms with Gasteiger partial charge in [0.1, 0.15) is 0 Å². The molecule has 1 aromatic rings. The molecule has 1 heterocycles. The Morgan fingerprint density at radius 1 is 1.56 bits per heavy atom. The van der Waals surface area contributed by atoms with Gasteiger partial charge in [-0.2, -0.15) is 0 Å². The van der Waals surface area contributed by atoms with E-state index in [1.165, 1.54) is 31.4 Å². The molecule has 1 aliphatic carbocycles. The Morgan fingerprint density at radius 3 is 3.06 bits per heavy atom. The summed E-state index contributed by atoms with van der Waals surface area (Å²) in [4.78, 5) is 4.31. The first-order valence-corrected chi connectivity index (χ1v) is 7.05. The zero-order chi connectivity index (χ0) is 12.8. The molecule has 1 N–H and O–H groups in total. The predicted molar refractivity (Wildman–Crippen MR) is 72.5 cm³/mol. The molecule has 0 amide bonds. The van der Waals surface area contributed by atoms with Gasteiger partial charge in [0.05, 0.1) is 18.6 Å². The Balaban J connectivity index is 1.87. The predicted octanol–water partition coefficient (Wildman–Crippen LogP) is 2.37. The van der Waals surface area contributed by atoms with Crippen molar-refractivity contribution in [3.8, 4) is 0 Å². The molecule has 1 fully saturated rings. The highest BCUT2D eigenvalue weighted by Gasteiger charge is 2.26. The van der Waals surface area contributed by atoms with Gasteiger partial charge in [-0.1, -0.05) is 19.8 Å². The molecule has 0 radical (unpaired) electrons. The summed E-state index contributed by atoms with van der Waals surface area (Å²) < 4.78 is 7.40. The maximum absolute atomic E-state index is 5.04. The third-order valence-electron chi connectivity index (χ3n) is 3.70. The summed E-state index contributed by atoms with van der Waals surface area (Å²) in [5.74, 6) is 0.964. The van der Waals surface area contributed by atoms with Crippen LogP contribution in [0.4, 0.5) is 0 Å². The zero-order valence-electron chi connectivity index (χ0n) is 11.6. The van der Waals surface area contributed by atoms with Crippen molar-refractivity contribution in [2.45, 2.75) is 45.2 Å². The highest BCUT2D eigenvalue weighted by Crippen LogP contribution is 2.38. The van der Waals surface area contributed by atoms with E-state index < -0.39 is 0 Å². The molecule has 0 bridgehead atoms. The third kappa shape index (κ3) is 3.82. The number of ether oxygens (including phenoxy) is 1. The molecule has 0 saturated heterocycles. The maximum atomic E-state index is 5.04. The van der Waals surface area contributed by atoms with E-state index in [-0.39, 0.29) is 0 Å². The molecule has 4 heteroatoms. The van der Waals surface area contributed by atoms with Crippen molar-refractivity contribution in [3.63, 3.8) is 0 Å². The van der Waals surface area contributed by atoms with Crippen LogP contribution in [0, 0.1) is 5.92 Å². The van der Waals surface area contributed by atoms with Gasteiger partial charge in [-0.05, 0) is 18.8 Å². The van der Waals surface area contributed by atoms with Crippen LogP contribution in [-0.4, -0.2) is 29.8 Å². The van der Waals surface area contributed by atoms with E-state index in [1.54, 1.807) is 7.11 Å². The van der Waals surface area contributed by atoms with Crippen molar-refractivity contribution < 1.29 is 4.74 Å². The average Bonchev–Trinajstić information content (AvgIpc) is 3.09. The topological polar surface area (TPSA) is 39.1 Å². The molecule has 4 nitrogen and oxygen atoms in total. The summed E-state index contributed by atoms with van der Waals surface area (Å²) in [7, 11) is 1.73. The quantitative estimate of drug-likeness (QED) is 0.685. The molecule has 1 atom stereocenters. The van der Waals surface area contributed by atoms with E-state index in [0.29, 0.717) is 6.04 Å². The lowest BCUT2D eigenvalue weighted by atomic mass is 10.1. The maximum Gasteiger partial charge on any atom is 0.0951 e. The largest absolute Gasteiger partial charge is 0.383 e. The Bertz CT molecular complexity index is 347. The number of hydrogen-bond acceptors (Lipinski definition) is 3. The lowest BCUT2D eigenvalue weighted by Crippen LogP contribution is -2.21. The van der Waals surface area contributed by atoms with Gasteiger partial charge in [0.2, 0.25) is 0 Å². The van der Waals surface area contributed by atoms with Crippen molar-refractivity contribution in [2.75, 3.05) is 20.3 Å². The fraction of sp³-hybridized carbons (Fsp3) is 0.786. The van der Waals surface area contributed by atoms with Crippen LogP contribution in [0.2, 0.25) is 0 Å². The summed E-state index contributed by atoms with van der Waals surface area (Å²) in [6.07, 6.45) is 9.33. The fourth-order valence-corrected chi connectivity index (χ4v) is 2.40. The molecular formula is C14H25N3O. The van der Waals surface area contributed by atoms with E-state index in [0.717, 1.165) is 25.6 Å². The first-order valence-electron chi connectivity index (χ1n) is 7.05. The number of rotatable bonds is 9. The van der Waals surface area contributed by atoms with Crippen LogP contribution < -0.4 is 5.32 Å². The molecule has 2 rings (SSSR count). The van der Waals surface area contributed by atoms with E-state index in [9.17, 15) is 0 Å². The summed E-state index contributed by atoms with van der Waals surface area (Å²) in [6.45, 7) is 4.80. The summed E-state index contributed by atoms with van der Waals surface area (Å²) in [5, 5.41) is 3.39. The second kappa shape index (κ2) is 6.90. The van der Waals surface area contributed by atoms with Gasteiger partial charge in [0, 0.05) is 32.4 Å². The molecule has 18 heavy (non-hydrogen) atoms. The summed E-state index contributed by atoms with van der Waals surface area (Å²) in [6, 6.07) is 0.624. The van der Waals surface area contributed by atoms with Gasteiger partial charge >= 0.3 is 0 Å². The Morgan fingerprint density at radius 2 is 2.39 bits per heavy atom. The molecule has 1 unspecified atom stereocenters. The van der Waals surface area contributed by atoms with Crippen molar-refractivity contribution in [1.29, 1.82) is 0 Å². The van der Waals surface area contributed by atoms with Gasteiger partial charge in [-0.15, -0.1) is 0 Å². The van der Waals surface area contributed by atoms with E-state index in [1.807, 2.05) is 12.5 Å². The van der Waals surface area contributed by atoms with Crippen molar-refractivity contribution in [3.05, 3.63) is 18.2 Å². The van der Waals surface area contributed by atoms with Gasteiger partial charge in [-0.3, -0.25) is 0 Å². The van der Waals surface area contributed by atoms with Crippen LogP contribution in [0.25, 0.3) is 0 Å². The minimum Gasteiger partial charge on any atom is -0.383 e. The lowest BCUT2D eigenvalue weighted by Gasteiger charge is -2.19. The second-order valence-electron chi connectivity index (χ2n) is 5.20. The zero-order valence-corrected chi connectivity index (χ0v) is 11.6. The number of aromatic nitrogens is 2. The minimum absolute atomic E-state index is 0.624. The molecule has 102 valence electrons. The number of methoxy groups -OCH3 is 1. The van der Waals surface area contributed by atoms with Crippen LogP contribution >= 0.6 is 0 Å². The monoisotopic (exact) mass is 251 g/mol. The van der Waals surface area contributed by atoms with Crippen LogP contribution in [0.5, 0.6) is 0 Å². The number of nitrogens with zero attached hydrogens (tertiary/aromatic N) is 2. The van der Waals surface area contributed by atoms with Gasteiger partial charge in [0.25, 0.3) is 0 Å². The normalized spacial score (nSPS) is 17.0. The Hall–Kier alpha value is -0.870.